The lowest BCUT2D eigenvalue weighted by Gasteiger charge is -2.19. The summed E-state index contributed by atoms with van der Waals surface area (Å²) in [5.41, 5.74) is 1.81. The van der Waals surface area contributed by atoms with Crippen LogP contribution >= 0.6 is 0 Å². The third-order valence-electron chi connectivity index (χ3n) is 2.79. The molecule has 90 valence electrons. The third kappa shape index (κ3) is 2.49. The number of nitrogens with one attached hydrogen (secondary N) is 1. The normalized spacial score (nSPS) is 11.1. The monoisotopic (exact) mass is 230 g/mol. The third-order valence-corrected chi connectivity index (χ3v) is 2.79. The van der Waals surface area contributed by atoms with Crippen LogP contribution in [0.3, 0.4) is 0 Å². The molecule has 1 aromatic heterocycles. The van der Waals surface area contributed by atoms with Gasteiger partial charge < -0.3 is 9.88 Å². The van der Waals surface area contributed by atoms with E-state index in [4.69, 9.17) is 0 Å². The standard InChI is InChI=1S/C14H18N2O/c1-10(2)9-16(3)14(17)12-4-5-13-11(8-12)6-7-15-13/h4-8,10,15H,9H2,1-3H3. The van der Waals surface area contributed by atoms with Gasteiger partial charge in [-0.15, -0.1) is 0 Å². The molecule has 0 saturated carbocycles. The van der Waals surface area contributed by atoms with Crippen molar-refractivity contribution in [2.24, 2.45) is 5.92 Å². The van der Waals surface area contributed by atoms with E-state index in [1.54, 1.807) is 4.90 Å². The molecule has 1 aromatic carbocycles. The van der Waals surface area contributed by atoms with Crippen molar-refractivity contribution in [1.29, 1.82) is 0 Å². The first kappa shape index (κ1) is 11.7. The minimum Gasteiger partial charge on any atom is -0.361 e. The maximum absolute atomic E-state index is 12.2. The van der Waals surface area contributed by atoms with Crippen LogP contribution in [-0.2, 0) is 0 Å². The first-order chi connectivity index (χ1) is 8.08. The molecule has 0 atom stereocenters. The van der Waals surface area contributed by atoms with Gasteiger partial charge in [0.2, 0.25) is 0 Å². The van der Waals surface area contributed by atoms with Crippen LogP contribution < -0.4 is 0 Å². The van der Waals surface area contributed by atoms with Gasteiger partial charge in [0.15, 0.2) is 0 Å². The molecular weight excluding hydrogens is 212 g/mol. The molecule has 0 bridgehead atoms. The summed E-state index contributed by atoms with van der Waals surface area (Å²) < 4.78 is 0. The van der Waals surface area contributed by atoms with Gasteiger partial charge in [0.1, 0.15) is 0 Å². The fraction of sp³-hybridized carbons (Fsp3) is 0.357. The topological polar surface area (TPSA) is 36.1 Å². The van der Waals surface area contributed by atoms with E-state index < -0.39 is 0 Å². The van der Waals surface area contributed by atoms with Crippen molar-refractivity contribution in [3.63, 3.8) is 0 Å². The van der Waals surface area contributed by atoms with Gasteiger partial charge in [0, 0.05) is 36.3 Å². The molecule has 0 aliphatic rings. The number of benzene rings is 1. The number of aromatic nitrogens is 1. The summed E-state index contributed by atoms with van der Waals surface area (Å²) in [6.07, 6.45) is 1.89. The molecule has 0 fully saturated rings. The number of rotatable bonds is 3. The van der Waals surface area contributed by atoms with Gasteiger partial charge in [-0.3, -0.25) is 4.79 Å². The van der Waals surface area contributed by atoms with Crippen molar-refractivity contribution in [1.82, 2.24) is 9.88 Å². The Labute approximate surface area is 101 Å². The van der Waals surface area contributed by atoms with Gasteiger partial charge in [0.25, 0.3) is 5.91 Å². The Kier molecular flexibility index (Phi) is 3.18. The second-order valence-electron chi connectivity index (χ2n) is 4.86. The van der Waals surface area contributed by atoms with E-state index >= 15 is 0 Å². The molecule has 2 rings (SSSR count). The quantitative estimate of drug-likeness (QED) is 0.864. The van der Waals surface area contributed by atoms with Gasteiger partial charge in [-0.05, 0) is 30.2 Å². The minimum absolute atomic E-state index is 0.0850. The summed E-state index contributed by atoms with van der Waals surface area (Å²) >= 11 is 0. The first-order valence-corrected chi connectivity index (χ1v) is 5.90. The van der Waals surface area contributed by atoms with Crippen LogP contribution in [0.4, 0.5) is 0 Å². The number of amides is 1. The second-order valence-corrected chi connectivity index (χ2v) is 4.86. The molecule has 2 aromatic rings. The summed E-state index contributed by atoms with van der Waals surface area (Å²) in [5, 5.41) is 1.08. The van der Waals surface area contributed by atoms with Crippen molar-refractivity contribution in [3.8, 4) is 0 Å². The smallest absolute Gasteiger partial charge is 0.253 e. The Bertz CT molecular complexity index is 528. The van der Waals surface area contributed by atoms with Crippen LogP contribution in [0.5, 0.6) is 0 Å². The van der Waals surface area contributed by atoms with E-state index in [1.807, 2.05) is 37.5 Å². The predicted molar refractivity (Wildman–Crippen MR) is 70.1 cm³/mol. The van der Waals surface area contributed by atoms with Gasteiger partial charge in [-0.2, -0.15) is 0 Å². The molecule has 1 N–H and O–H groups in total. The zero-order valence-corrected chi connectivity index (χ0v) is 10.5. The number of carbonyl (C=O) groups excluding carboxylic acids is 1. The number of aromatic amines is 1. The molecule has 3 nitrogen and oxygen atoms in total. The van der Waals surface area contributed by atoms with E-state index in [9.17, 15) is 4.79 Å². The Morgan fingerprint density at radius 2 is 2.12 bits per heavy atom. The van der Waals surface area contributed by atoms with Gasteiger partial charge >= 0.3 is 0 Å². The molecule has 0 radical (unpaired) electrons. The highest BCUT2D eigenvalue weighted by Crippen LogP contribution is 2.15. The molecule has 0 unspecified atom stereocenters. The molecule has 0 aliphatic carbocycles. The average molecular weight is 230 g/mol. The molecule has 1 amide bonds. The first-order valence-electron chi connectivity index (χ1n) is 5.90. The highest BCUT2D eigenvalue weighted by molar-refractivity contribution is 5.97. The van der Waals surface area contributed by atoms with Gasteiger partial charge in [0.05, 0.1) is 0 Å². The molecule has 0 aliphatic heterocycles. The fourth-order valence-corrected chi connectivity index (χ4v) is 2.04. The maximum atomic E-state index is 12.2. The molecule has 1 heterocycles. The Morgan fingerprint density at radius 3 is 2.82 bits per heavy atom. The van der Waals surface area contributed by atoms with Crippen LogP contribution in [0.25, 0.3) is 10.9 Å². The van der Waals surface area contributed by atoms with E-state index in [2.05, 4.69) is 18.8 Å². The lowest BCUT2D eigenvalue weighted by atomic mass is 10.1. The largest absolute Gasteiger partial charge is 0.361 e. The number of hydrogen-bond acceptors (Lipinski definition) is 1. The van der Waals surface area contributed by atoms with Gasteiger partial charge in [-0.1, -0.05) is 13.8 Å². The summed E-state index contributed by atoms with van der Waals surface area (Å²) in [6.45, 7) is 5.00. The zero-order valence-electron chi connectivity index (χ0n) is 10.5. The summed E-state index contributed by atoms with van der Waals surface area (Å²) in [5.74, 6) is 0.571. The summed E-state index contributed by atoms with van der Waals surface area (Å²) in [6, 6.07) is 7.74. The lowest BCUT2D eigenvalue weighted by Crippen LogP contribution is -2.30. The van der Waals surface area contributed by atoms with Gasteiger partial charge in [-0.25, -0.2) is 0 Å². The van der Waals surface area contributed by atoms with Crippen LogP contribution in [0.1, 0.15) is 24.2 Å². The lowest BCUT2D eigenvalue weighted by molar-refractivity contribution is 0.0779. The molecular formula is C14H18N2O. The maximum Gasteiger partial charge on any atom is 0.253 e. The minimum atomic E-state index is 0.0850. The number of H-pyrrole nitrogens is 1. The Balaban J connectivity index is 2.23. The molecule has 0 saturated heterocycles. The van der Waals surface area contributed by atoms with Crippen LogP contribution in [0.15, 0.2) is 30.5 Å². The Hall–Kier alpha value is -1.77. The highest BCUT2D eigenvalue weighted by Gasteiger charge is 2.13. The van der Waals surface area contributed by atoms with E-state index in [-0.39, 0.29) is 5.91 Å². The van der Waals surface area contributed by atoms with Crippen molar-refractivity contribution in [2.75, 3.05) is 13.6 Å². The van der Waals surface area contributed by atoms with Crippen molar-refractivity contribution < 1.29 is 4.79 Å². The van der Waals surface area contributed by atoms with Crippen LogP contribution in [0, 0.1) is 5.92 Å². The number of fused-ring (bicyclic) bond motifs is 1. The van der Waals surface area contributed by atoms with Crippen LogP contribution in [0.2, 0.25) is 0 Å². The predicted octanol–water partition coefficient (Wildman–Crippen LogP) is 2.90. The van der Waals surface area contributed by atoms with Crippen molar-refractivity contribution in [3.05, 3.63) is 36.0 Å². The number of hydrogen-bond donors (Lipinski definition) is 1. The average Bonchev–Trinajstić information content (AvgIpc) is 2.73. The second kappa shape index (κ2) is 4.62. The molecule has 3 heteroatoms. The number of nitrogens with zero attached hydrogens (tertiary/aromatic N) is 1. The molecule has 17 heavy (non-hydrogen) atoms. The summed E-state index contributed by atoms with van der Waals surface area (Å²) in [4.78, 5) is 17.1. The SMILES string of the molecule is CC(C)CN(C)C(=O)c1ccc2[nH]ccc2c1. The van der Waals surface area contributed by atoms with E-state index in [1.165, 1.54) is 0 Å². The van der Waals surface area contributed by atoms with Crippen LogP contribution in [-0.4, -0.2) is 29.4 Å². The molecule has 0 spiro atoms. The fourth-order valence-electron chi connectivity index (χ4n) is 2.04. The van der Waals surface area contributed by atoms with E-state index in [0.29, 0.717) is 5.92 Å². The zero-order chi connectivity index (χ0) is 12.4. The highest BCUT2D eigenvalue weighted by atomic mass is 16.2. The van der Waals surface area contributed by atoms with E-state index in [0.717, 1.165) is 23.0 Å². The van der Waals surface area contributed by atoms with Crippen molar-refractivity contribution in [2.45, 2.75) is 13.8 Å². The summed E-state index contributed by atoms with van der Waals surface area (Å²) in [7, 11) is 1.85. The van der Waals surface area contributed by atoms with Crippen molar-refractivity contribution >= 4 is 16.8 Å². The Morgan fingerprint density at radius 1 is 1.35 bits per heavy atom. The number of carbonyl (C=O) groups is 1.